The summed E-state index contributed by atoms with van der Waals surface area (Å²) in [6, 6.07) is 3.18. The number of aliphatic imine (C=N–C) groups is 1. The van der Waals surface area contributed by atoms with Crippen molar-refractivity contribution in [3.8, 4) is 0 Å². The Bertz CT molecular complexity index is 763. The Balaban J connectivity index is 1.81. The number of carbonyl (C=O) groups excluding carboxylic acids is 2. The molecule has 1 fully saturated rings. The molecule has 8 nitrogen and oxygen atoms in total. The highest BCUT2D eigenvalue weighted by Gasteiger charge is 2.48. The average molecular weight is 367 g/mol. The number of imide groups is 1. The minimum Gasteiger partial charge on any atom is -0.326 e. The Morgan fingerprint density at radius 1 is 1.48 bits per heavy atom. The smallest absolute Gasteiger partial charge is 0.325 e. The van der Waals surface area contributed by atoms with E-state index in [2.05, 4.69) is 20.8 Å². The van der Waals surface area contributed by atoms with Crippen molar-refractivity contribution in [3.63, 3.8) is 0 Å². The van der Waals surface area contributed by atoms with Crippen LogP contribution in [0.2, 0.25) is 5.02 Å². The first-order valence-corrected chi connectivity index (χ1v) is 7.97. The van der Waals surface area contributed by atoms with Gasteiger partial charge in [0.05, 0.1) is 11.2 Å². The zero-order chi connectivity index (χ0) is 18.1. The van der Waals surface area contributed by atoms with Gasteiger partial charge in [0.25, 0.3) is 5.91 Å². The predicted molar refractivity (Wildman–Crippen MR) is 90.8 cm³/mol. The van der Waals surface area contributed by atoms with E-state index < -0.39 is 30.0 Å². The number of nitrogens with one attached hydrogen (secondary N) is 2. The van der Waals surface area contributed by atoms with E-state index in [0.717, 1.165) is 0 Å². The number of guanidine groups is 1. The van der Waals surface area contributed by atoms with E-state index in [1.807, 2.05) is 6.92 Å². The number of amides is 3. The number of nitrogens with zero attached hydrogens (tertiary/aromatic N) is 4. The van der Waals surface area contributed by atoms with E-state index in [-0.39, 0.29) is 10.6 Å². The number of fused-ring (bicyclic) bond motifs is 1. The van der Waals surface area contributed by atoms with Gasteiger partial charge in [0, 0.05) is 19.2 Å². The molecule has 2 N–H and O–H groups in total. The monoisotopic (exact) mass is 366 g/mol. The fourth-order valence-electron chi connectivity index (χ4n) is 2.75. The number of carbonyl (C=O) groups is 2. The van der Waals surface area contributed by atoms with Crippen LogP contribution < -0.4 is 10.7 Å². The summed E-state index contributed by atoms with van der Waals surface area (Å²) in [6.45, 7) is 2.32. The highest BCUT2D eigenvalue weighted by molar-refractivity contribution is 6.33. The molecule has 1 saturated heterocycles. The molecule has 2 atom stereocenters. The maximum atomic E-state index is 13.7. The molecule has 0 radical (unpaired) electrons. The van der Waals surface area contributed by atoms with Crippen molar-refractivity contribution in [1.82, 2.24) is 20.5 Å². The third-order valence-electron chi connectivity index (χ3n) is 4.06. The third-order valence-corrected chi connectivity index (χ3v) is 4.39. The first-order valence-electron chi connectivity index (χ1n) is 7.59. The lowest BCUT2D eigenvalue weighted by Gasteiger charge is -2.35. The van der Waals surface area contributed by atoms with Gasteiger partial charge in [0.1, 0.15) is 5.82 Å². The van der Waals surface area contributed by atoms with Crippen molar-refractivity contribution in [3.05, 3.63) is 34.6 Å². The molecule has 10 heteroatoms. The van der Waals surface area contributed by atoms with Gasteiger partial charge in [-0.2, -0.15) is 5.10 Å². The topological polar surface area (TPSA) is 89.4 Å². The molecular weight excluding hydrogens is 351 g/mol. The number of likely N-dealkylation sites (N-methyl/N-ethyl adjacent to an activating group) is 2. The van der Waals surface area contributed by atoms with E-state index in [0.29, 0.717) is 12.5 Å². The highest BCUT2D eigenvalue weighted by atomic mass is 35.5. The van der Waals surface area contributed by atoms with Crippen LogP contribution in [0.3, 0.4) is 0 Å². The molecule has 0 bridgehead atoms. The molecule has 3 amide bonds. The van der Waals surface area contributed by atoms with Crippen molar-refractivity contribution in [1.29, 1.82) is 0 Å². The largest absolute Gasteiger partial charge is 0.326 e. The van der Waals surface area contributed by atoms with Crippen LogP contribution in [0.15, 0.2) is 28.3 Å². The van der Waals surface area contributed by atoms with E-state index in [1.165, 1.54) is 23.2 Å². The van der Waals surface area contributed by atoms with Crippen molar-refractivity contribution in [2.24, 2.45) is 10.1 Å². The SMILES string of the molecule is CCN1C(N/N=C/c2c(F)cccc2Cl)=NC2C1C(=O)NC(=O)N2C. The Kier molecular flexibility index (Phi) is 4.58. The Hall–Kier alpha value is -2.68. The van der Waals surface area contributed by atoms with Crippen LogP contribution in [0, 0.1) is 5.82 Å². The molecule has 1 aromatic carbocycles. The minimum atomic E-state index is -0.643. The van der Waals surface area contributed by atoms with E-state index >= 15 is 0 Å². The van der Waals surface area contributed by atoms with Crippen molar-refractivity contribution >= 4 is 35.7 Å². The van der Waals surface area contributed by atoms with Crippen LogP contribution in [0.1, 0.15) is 12.5 Å². The molecule has 0 saturated carbocycles. The molecular formula is C15H16ClFN6O2. The summed E-state index contributed by atoms with van der Waals surface area (Å²) in [7, 11) is 1.56. The summed E-state index contributed by atoms with van der Waals surface area (Å²) in [5.41, 5.74) is 2.84. The van der Waals surface area contributed by atoms with Gasteiger partial charge in [-0.05, 0) is 19.1 Å². The van der Waals surface area contributed by atoms with Crippen molar-refractivity contribution < 1.29 is 14.0 Å². The molecule has 25 heavy (non-hydrogen) atoms. The van der Waals surface area contributed by atoms with Gasteiger partial charge in [0.2, 0.25) is 5.96 Å². The van der Waals surface area contributed by atoms with Gasteiger partial charge in [-0.15, -0.1) is 0 Å². The Morgan fingerprint density at radius 3 is 2.92 bits per heavy atom. The predicted octanol–water partition coefficient (Wildman–Crippen LogP) is 0.970. The standard InChI is InChI=1S/C15H16ClFN6O2/c1-3-23-11-12(22(2)15(25)20-13(11)24)19-14(23)21-18-7-8-9(16)5-4-6-10(8)17/h4-7,11-12H,3H2,1-2H3,(H,19,21)(H,20,24,25)/b18-7+. The summed E-state index contributed by atoms with van der Waals surface area (Å²) in [6.07, 6.45) is 0.598. The molecule has 1 aromatic rings. The van der Waals surface area contributed by atoms with E-state index in [1.54, 1.807) is 18.0 Å². The molecule has 2 unspecified atom stereocenters. The maximum absolute atomic E-state index is 13.7. The number of halogens is 2. The van der Waals surface area contributed by atoms with Gasteiger partial charge in [0.15, 0.2) is 12.2 Å². The lowest BCUT2D eigenvalue weighted by Crippen LogP contribution is -2.64. The number of hydrogen-bond acceptors (Lipinski definition) is 6. The molecule has 0 aliphatic carbocycles. The Labute approximate surface area is 148 Å². The molecule has 3 rings (SSSR count). The third kappa shape index (κ3) is 3.02. The van der Waals surface area contributed by atoms with Crippen molar-refractivity contribution in [2.75, 3.05) is 13.6 Å². The van der Waals surface area contributed by atoms with Gasteiger partial charge < -0.3 is 9.80 Å². The lowest BCUT2D eigenvalue weighted by molar-refractivity contribution is -0.127. The summed E-state index contributed by atoms with van der Waals surface area (Å²) in [4.78, 5) is 31.2. The molecule has 0 spiro atoms. The van der Waals surface area contributed by atoms with Crippen LogP contribution in [0.5, 0.6) is 0 Å². The molecule has 2 aliphatic rings. The molecule has 0 aromatic heterocycles. The summed E-state index contributed by atoms with van der Waals surface area (Å²) < 4.78 is 13.7. The number of hydrazone groups is 1. The quantitative estimate of drug-likeness (QED) is 0.616. The van der Waals surface area contributed by atoms with E-state index in [9.17, 15) is 14.0 Å². The van der Waals surface area contributed by atoms with Gasteiger partial charge in [-0.1, -0.05) is 17.7 Å². The van der Waals surface area contributed by atoms with Crippen LogP contribution in [-0.4, -0.2) is 59.7 Å². The second-order valence-electron chi connectivity index (χ2n) is 5.51. The summed E-state index contributed by atoms with van der Waals surface area (Å²) in [5.74, 6) is -0.605. The van der Waals surface area contributed by atoms with Crippen LogP contribution in [-0.2, 0) is 4.79 Å². The second kappa shape index (κ2) is 6.67. The zero-order valence-corrected chi connectivity index (χ0v) is 14.3. The van der Waals surface area contributed by atoms with Crippen LogP contribution >= 0.6 is 11.6 Å². The van der Waals surface area contributed by atoms with Gasteiger partial charge in [-0.3, -0.25) is 10.1 Å². The van der Waals surface area contributed by atoms with Gasteiger partial charge in [-0.25, -0.2) is 19.6 Å². The molecule has 2 aliphatic heterocycles. The van der Waals surface area contributed by atoms with Crippen molar-refractivity contribution in [2.45, 2.75) is 19.1 Å². The highest BCUT2D eigenvalue weighted by Crippen LogP contribution is 2.23. The minimum absolute atomic E-state index is 0.140. The summed E-state index contributed by atoms with van der Waals surface area (Å²) >= 11 is 5.94. The number of urea groups is 1. The number of hydrogen-bond donors (Lipinski definition) is 2. The number of benzene rings is 1. The fourth-order valence-corrected chi connectivity index (χ4v) is 2.97. The van der Waals surface area contributed by atoms with Gasteiger partial charge >= 0.3 is 6.03 Å². The van der Waals surface area contributed by atoms with Crippen LogP contribution in [0.25, 0.3) is 0 Å². The Morgan fingerprint density at radius 2 is 2.24 bits per heavy atom. The van der Waals surface area contributed by atoms with Crippen LogP contribution in [0.4, 0.5) is 9.18 Å². The zero-order valence-electron chi connectivity index (χ0n) is 13.5. The maximum Gasteiger partial charge on any atom is 0.325 e. The first-order chi connectivity index (χ1) is 11.9. The summed E-state index contributed by atoms with van der Waals surface area (Å²) in [5, 5.41) is 6.47. The van der Waals surface area contributed by atoms with E-state index in [4.69, 9.17) is 11.6 Å². The normalized spacial score (nSPS) is 23.0. The molecule has 132 valence electrons. The fraction of sp³-hybridized carbons (Fsp3) is 0.333. The second-order valence-corrected chi connectivity index (χ2v) is 5.92. The average Bonchev–Trinajstić information content (AvgIpc) is 2.94. The molecule has 2 heterocycles. The first kappa shape index (κ1) is 17.2. The number of rotatable bonds is 3. The lowest BCUT2D eigenvalue weighted by atomic mass is 10.1.